The van der Waals surface area contributed by atoms with Gasteiger partial charge in [0.15, 0.2) is 0 Å². The molecule has 8 nitrogen and oxygen atoms in total. The van der Waals surface area contributed by atoms with Gasteiger partial charge in [0.05, 0.1) is 29.1 Å². The number of halogens is 2. The van der Waals surface area contributed by atoms with Crippen LogP contribution in [0.2, 0.25) is 10.0 Å². The molecule has 0 aliphatic carbocycles. The Hall–Kier alpha value is -3.27. The first-order valence-electron chi connectivity index (χ1n) is 14.1. The Morgan fingerprint density at radius 2 is 1.67 bits per heavy atom. The monoisotopic (exact) mass is 647 g/mol. The lowest BCUT2D eigenvalue weighted by Crippen LogP contribution is -2.52. The zero-order chi connectivity index (χ0) is 31.6. The standard InChI is InChI=1S/C32H39Cl2N3O5S/c1-5-23(2)35-32(39)30(20-24-11-7-6-8-12-24)36(22-25-16-17-28(33)29(34)19-25)31(38)15-10-18-37(43(4,40)41)26-13-9-14-27(21-26)42-3/h6-9,11-14,16-17,19,21,23,30H,5,10,15,18,20,22H2,1-4H3,(H,35,39)/t23-,30-/m1/s1. The van der Waals surface area contributed by atoms with E-state index in [9.17, 15) is 18.0 Å². The number of carbonyl (C=O) groups excluding carboxylic acids is 2. The number of nitrogens with zero attached hydrogens (tertiary/aromatic N) is 2. The molecule has 43 heavy (non-hydrogen) atoms. The van der Waals surface area contributed by atoms with Crippen LogP contribution in [-0.2, 0) is 32.6 Å². The molecule has 232 valence electrons. The lowest BCUT2D eigenvalue weighted by molar-refractivity contribution is -0.141. The van der Waals surface area contributed by atoms with Crippen LogP contribution in [0.5, 0.6) is 5.75 Å². The maximum Gasteiger partial charge on any atom is 0.243 e. The van der Waals surface area contributed by atoms with Crippen molar-refractivity contribution in [3.8, 4) is 5.75 Å². The number of rotatable bonds is 15. The Morgan fingerprint density at radius 3 is 2.30 bits per heavy atom. The number of nitrogens with one attached hydrogen (secondary N) is 1. The van der Waals surface area contributed by atoms with Gasteiger partial charge in [0.1, 0.15) is 11.8 Å². The fraction of sp³-hybridized carbons (Fsp3) is 0.375. The Balaban J connectivity index is 1.91. The summed E-state index contributed by atoms with van der Waals surface area (Å²) in [5.74, 6) is -0.0303. The molecule has 2 amide bonds. The highest BCUT2D eigenvalue weighted by Crippen LogP contribution is 2.26. The summed E-state index contributed by atoms with van der Waals surface area (Å²) < 4.78 is 31.9. The molecule has 1 N–H and O–H groups in total. The van der Waals surface area contributed by atoms with Crippen molar-refractivity contribution in [1.82, 2.24) is 10.2 Å². The Morgan fingerprint density at radius 1 is 0.953 bits per heavy atom. The smallest absolute Gasteiger partial charge is 0.243 e. The summed E-state index contributed by atoms with van der Waals surface area (Å²) >= 11 is 12.4. The van der Waals surface area contributed by atoms with Crippen molar-refractivity contribution in [2.75, 3.05) is 24.2 Å². The normalized spacial score (nSPS) is 12.7. The van der Waals surface area contributed by atoms with Crippen molar-refractivity contribution in [1.29, 1.82) is 0 Å². The largest absolute Gasteiger partial charge is 0.497 e. The molecule has 0 heterocycles. The van der Waals surface area contributed by atoms with Gasteiger partial charge in [-0.2, -0.15) is 0 Å². The second kappa shape index (κ2) is 16.0. The number of sulfonamides is 1. The van der Waals surface area contributed by atoms with Gasteiger partial charge in [0.25, 0.3) is 0 Å². The van der Waals surface area contributed by atoms with Crippen LogP contribution in [-0.4, -0.2) is 57.1 Å². The molecular formula is C32H39Cl2N3O5S. The third-order valence-electron chi connectivity index (χ3n) is 7.10. The number of amides is 2. The zero-order valence-electron chi connectivity index (χ0n) is 24.9. The fourth-order valence-corrected chi connectivity index (χ4v) is 5.88. The average Bonchev–Trinajstić information content (AvgIpc) is 2.98. The molecule has 0 bridgehead atoms. The van der Waals surface area contributed by atoms with Crippen LogP contribution in [0.15, 0.2) is 72.8 Å². The lowest BCUT2D eigenvalue weighted by Gasteiger charge is -2.33. The molecule has 3 aromatic carbocycles. The summed E-state index contributed by atoms with van der Waals surface area (Å²) in [4.78, 5) is 29.2. The van der Waals surface area contributed by atoms with Crippen molar-refractivity contribution >= 4 is 50.7 Å². The van der Waals surface area contributed by atoms with E-state index >= 15 is 0 Å². The Bertz CT molecular complexity index is 1490. The topological polar surface area (TPSA) is 96.0 Å². The fourth-order valence-electron chi connectivity index (χ4n) is 4.60. The molecule has 0 aliphatic heterocycles. The number of hydrogen-bond acceptors (Lipinski definition) is 5. The summed E-state index contributed by atoms with van der Waals surface area (Å²) in [7, 11) is -2.14. The number of benzene rings is 3. The molecule has 0 fully saturated rings. The summed E-state index contributed by atoms with van der Waals surface area (Å²) in [6, 6.07) is 20.5. The predicted octanol–water partition coefficient (Wildman–Crippen LogP) is 6.10. The third kappa shape index (κ3) is 10.2. The van der Waals surface area contributed by atoms with Crippen molar-refractivity contribution < 1.29 is 22.7 Å². The minimum atomic E-state index is -3.64. The number of carbonyl (C=O) groups is 2. The first-order chi connectivity index (χ1) is 20.4. The summed E-state index contributed by atoms with van der Waals surface area (Å²) in [5.41, 5.74) is 2.06. The highest BCUT2D eigenvalue weighted by atomic mass is 35.5. The second-order valence-corrected chi connectivity index (χ2v) is 13.2. The molecule has 2 atom stereocenters. The highest BCUT2D eigenvalue weighted by molar-refractivity contribution is 7.92. The van der Waals surface area contributed by atoms with Gasteiger partial charge < -0.3 is 15.0 Å². The first-order valence-corrected chi connectivity index (χ1v) is 16.7. The van der Waals surface area contributed by atoms with E-state index < -0.39 is 16.1 Å². The molecule has 0 saturated heterocycles. The van der Waals surface area contributed by atoms with E-state index in [0.29, 0.717) is 33.5 Å². The SMILES string of the molecule is CC[C@@H](C)NC(=O)[C@@H](Cc1ccccc1)N(Cc1ccc(Cl)c(Cl)c1)C(=O)CCCN(c1cccc(OC)c1)S(C)(=O)=O. The molecule has 3 rings (SSSR count). The molecule has 0 radical (unpaired) electrons. The van der Waals surface area contributed by atoms with E-state index in [2.05, 4.69) is 5.32 Å². The molecule has 0 spiro atoms. The number of hydrogen-bond donors (Lipinski definition) is 1. The van der Waals surface area contributed by atoms with Crippen LogP contribution in [0.1, 0.15) is 44.2 Å². The van der Waals surface area contributed by atoms with Gasteiger partial charge in [0.2, 0.25) is 21.8 Å². The van der Waals surface area contributed by atoms with Crippen LogP contribution in [0.4, 0.5) is 5.69 Å². The van der Waals surface area contributed by atoms with E-state index in [1.165, 1.54) is 11.4 Å². The quantitative estimate of drug-likeness (QED) is 0.215. The van der Waals surface area contributed by atoms with Gasteiger partial charge in [-0.1, -0.05) is 72.6 Å². The van der Waals surface area contributed by atoms with E-state index in [-0.39, 0.29) is 43.8 Å². The Kier molecular flexibility index (Phi) is 12.7. The van der Waals surface area contributed by atoms with Crippen molar-refractivity contribution in [3.05, 3.63) is 94.0 Å². The third-order valence-corrected chi connectivity index (χ3v) is 9.04. The van der Waals surface area contributed by atoms with E-state index in [1.54, 1.807) is 47.4 Å². The maximum absolute atomic E-state index is 14.0. The molecule has 0 aromatic heterocycles. The van der Waals surface area contributed by atoms with Gasteiger partial charge in [-0.3, -0.25) is 13.9 Å². The summed E-state index contributed by atoms with van der Waals surface area (Å²) in [6.07, 6.45) is 2.40. The molecule has 3 aromatic rings. The van der Waals surface area contributed by atoms with Crippen molar-refractivity contribution in [2.45, 2.75) is 58.2 Å². The molecule has 0 unspecified atom stereocenters. The summed E-state index contributed by atoms with van der Waals surface area (Å²) in [6.45, 7) is 4.08. The average molecular weight is 649 g/mol. The number of methoxy groups -OCH3 is 1. The Labute approximate surface area is 265 Å². The molecule has 0 saturated carbocycles. The van der Waals surface area contributed by atoms with Crippen LogP contribution in [0, 0.1) is 0 Å². The van der Waals surface area contributed by atoms with Gasteiger partial charge in [-0.15, -0.1) is 0 Å². The van der Waals surface area contributed by atoms with Crippen LogP contribution < -0.4 is 14.4 Å². The van der Waals surface area contributed by atoms with Gasteiger partial charge in [0, 0.05) is 38.0 Å². The molecule has 11 heteroatoms. The lowest BCUT2D eigenvalue weighted by atomic mass is 10.0. The minimum absolute atomic E-state index is 0.0131. The van der Waals surface area contributed by atoms with E-state index in [4.69, 9.17) is 27.9 Å². The second-order valence-electron chi connectivity index (χ2n) is 10.4. The molecular weight excluding hydrogens is 609 g/mol. The zero-order valence-corrected chi connectivity index (χ0v) is 27.3. The van der Waals surface area contributed by atoms with Crippen molar-refractivity contribution in [3.63, 3.8) is 0 Å². The first kappa shape index (κ1) is 34.2. The van der Waals surface area contributed by atoms with Gasteiger partial charge >= 0.3 is 0 Å². The van der Waals surface area contributed by atoms with E-state index in [1.807, 2.05) is 44.2 Å². The number of ether oxygens (including phenoxy) is 1. The van der Waals surface area contributed by atoms with Crippen LogP contribution >= 0.6 is 23.2 Å². The predicted molar refractivity (Wildman–Crippen MR) is 173 cm³/mol. The molecule has 0 aliphatic rings. The summed E-state index contributed by atoms with van der Waals surface area (Å²) in [5, 5.41) is 3.77. The van der Waals surface area contributed by atoms with Crippen LogP contribution in [0.3, 0.4) is 0 Å². The van der Waals surface area contributed by atoms with Gasteiger partial charge in [-0.25, -0.2) is 8.42 Å². The van der Waals surface area contributed by atoms with Gasteiger partial charge in [-0.05, 0) is 55.2 Å². The highest BCUT2D eigenvalue weighted by Gasteiger charge is 2.31. The minimum Gasteiger partial charge on any atom is -0.497 e. The number of anilines is 1. The maximum atomic E-state index is 14.0. The van der Waals surface area contributed by atoms with E-state index in [0.717, 1.165) is 18.2 Å². The van der Waals surface area contributed by atoms with Crippen LogP contribution in [0.25, 0.3) is 0 Å². The van der Waals surface area contributed by atoms with Crippen molar-refractivity contribution in [2.24, 2.45) is 0 Å².